The number of carbonyl (C=O) groups is 2. The quantitative estimate of drug-likeness (QED) is 0.619. The van der Waals surface area contributed by atoms with Crippen molar-refractivity contribution in [1.82, 2.24) is 10.6 Å². The number of hydrogen-bond donors (Lipinski definition) is 4. The second-order valence-electron chi connectivity index (χ2n) is 6.48. The van der Waals surface area contributed by atoms with E-state index in [1.807, 2.05) is 0 Å². The fourth-order valence-corrected chi connectivity index (χ4v) is 3.38. The Bertz CT molecular complexity index is 935. The van der Waals surface area contributed by atoms with Crippen LogP contribution in [0, 0.1) is 5.92 Å². The molecule has 2 aromatic carbocycles. The molecule has 29 heavy (non-hydrogen) atoms. The third-order valence-electron chi connectivity index (χ3n) is 4.71. The van der Waals surface area contributed by atoms with Crippen LogP contribution in [0.3, 0.4) is 0 Å². The number of aliphatic hydroxyl groups is 1. The molecule has 4 N–H and O–H groups in total. The number of carbonyl (C=O) groups excluding carboxylic acids is 2. The predicted molar refractivity (Wildman–Crippen MR) is 94.0 cm³/mol. The molecule has 1 saturated heterocycles. The third kappa shape index (κ3) is 3.70. The van der Waals surface area contributed by atoms with Crippen LogP contribution < -0.4 is 15.4 Å². The number of rotatable bonds is 4. The average Bonchev–Trinajstić information content (AvgIpc) is 2.67. The third-order valence-corrected chi connectivity index (χ3v) is 4.71. The highest BCUT2D eigenvalue weighted by Crippen LogP contribution is 2.44. The average molecular weight is 410 g/mol. The van der Waals surface area contributed by atoms with Gasteiger partial charge in [0.15, 0.2) is 17.2 Å². The predicted octanol–water partition coefficient (Wildman–Crippen LogP) is 2.35. The summed E-state index contributed by atoms with van der Waals surface area (Å²) in [5, 5.41) is 25.2. The number of amides is 2. The van der Waals surface area contributed by atoms with Crippen molar-refractivity contribution in [2.24, 2.45) is 5.92 Å². The number of ketones is 1. The van der Waals surface area contributed by atoms with E-state index in [-0.39, 0.29) is 22.6 Å². The lowest BCUT2D eigenvalue weighted by molar-refractivity contribution is -0.190. The zero-order chi connectivity index (χ0) is 21.4. The molecule has 0 spiro atoms. The van der Waals surface area contributed by atoms with Gasteiger partial charge in [0.25, 0.3) is 0 Å². The van der Waals surface area contributed by atoms with Crippen molar-refractivity contribution in [3.8, 4) is 11.5 Å². The molecule has 0 radical (unpaired) electrons. The molecule has 154 valence electrons. The highest BCUT2D eigenvalue weighted by atomic mass is 19.4. The highest BCUT2D eigenvalue weighted by Gasteiger charge is 2.59. The monoisotopic (exact) mass is 410 g/mol. The zero-order valence-electron chi connectivity index (χ0n) is 15.0. The van der Waals surface area contributed by atoms with Crippen LogP contribution in [0.15, 0.2) is 48.5 Å². The number of methoxy groups -OCH3 is 1. The molecule has 3 rings (SSSR count). The summed E-state index contributed by atoms with van der Waals surface area (Å²) in [7, 11) is 1.23. The fraction of sp³-hybridized carbons (Fsp3) is 0.263. The lowest BCUT2D eigenvalue weighted by Gasteiger charge is -2.45. The molecule has 2 aromatic rings. The van der Waals surface area contributed by atoms with E-state index in [2.05, 4.69) is 10.6 Å². The summed E-state index contributed by atoms with van der Waals surface area (Å²) < 4.78 is 45.2. The van der Waals surface area contributed by atoms with Gasteiger partial charge in [0.1, 0.15) is 5.92 Å². The molecule has 0 aromatic heterocycles. The van der Waals surface area contributed by atoms with Gasteiger partial charge >= 0.3 is 12.2 Å². The number of benzene rings is 2. The molecular weight excluding hydrogens is 393 g/mol. The SMILES string of the molecule is COc1cc([C@@H]2NC(=O)N[C@](O)(c3ccccc3)[C@@H]2C(=O)C(F)(F)F)ccc1O. The van der Waals surface area contributed by atoms with Crippen molar-refractivity contribution < 1.29 is 37.7 Å². The number of ether oxygens (including phenoxy) is 1. The van der Waals surface area contributed by atoms with Crippen molar-refractivity contribution in [2.45, 2.75) is 17.9 Å². The molecule has 0 unspecified atom stereocenters. The summed E-state index contributed by atoms with van der Waals surface area (Å²) in [5.41, 5.74) is -2.69. The molecular formula is C19H17F3N2O5. The van der Waals surface area contributed by atoms with Gasteiger partial charge in [-0.25, -0.2) is 4.79 Å². The number of urea groups is 1. The van der Waals surface area contributed by atoms with Gasteiger partial charge in [-0.15, -0.1) is 0 Å². The maximum Gasteiger partial charge on any atom is 0.450 e. The van der Waals surface area contributed by atoms with Gasteiger partial charge in [0.05, 0.1) is 13.2 Å². The van der Waals surface area contributed by atoms with Gasteiger partial charge in [-0.3, -0.25) is 4.79 Å². The molecule has 0 aliphatic carbocycles. The Morgan fingerprint density at radius 3 is 2.41 bits per heavy atom. The number of halogens is 3. The van der Waals surface area contributed by atoms with Gasteiger partial charge < -0.3 is 25.6 Å². The fourth-order valence-electron chi connectivity index (χ4n) is 3.38. The van der Waals surface area contributed by atoms with E-state index >= 15 is 0 Å². The first-order valence-corrected chi connectivity index (χ1v) is 8.42. The summed E-state index contributed by atoms with van der Waals surface area (Å²) >= 11 is 0. The molecule has 1 fully saturated rings. The molecule has 7 nitrogen and oxygen atoms in total. The Morgan fingerprint density at radius 2 is 1.83 bits per heavy atom. The highest BCUT2D eigenvalue weighted by molar-refractivity contribution is 5.91. The van der Waals surface area contributed by atoms with Crippen LogP contribution in [-0.4, -0.2) is 35.3 Å². The Hall–Kier alpha value is -3.27. The van der Waals surface area contributed by atoms with Crippen LogP contribution in [-0.2, 0) is 10.5 Å². The molecule has 1 aliphatic rings. The Morgan fingerprint density at radius 1 is 1.17 bits per heavy atom. The van der Waals surface area contributed by atoms with E-state index in [0.717, 1.165) is 6.07 Å². The van der Waals surface area contributed by atoms with Crippen LogP contribution in [0.1, 0.15) is 17.2 Å². The van der Waals surface area contributed by atoms with E-state index in [0.29, 0.717) is 0 Å². The zero-order valence-corrected chi connectivity index (χ0v) is 15.0. The minimum atomic E-state index is -5.28. The number of nitrogens with one attached hydrogen (secondary N) is 2. The summed E-state index contributed by atoms with van der Waals surface area (Å²) in [6, 6.07) is 8.12. The van der Waals surface area contributed by atoms with Crippen LogP contribution in [0.25, 0.3) is 0 Å². The van der Waals surface area contributed by atoms with Gasteiger partial charge in [-0.05, 0) is 17.7 Å². The van der Waals surface area contributed by atoms with Crippen LogP contribution in [0.4, 0.5) is 18.0 Å². The Balaban J connectivity index is 2.20. The summed E-state index contributed by atoms with van der Waals surface area (Å²) in [5.74, 6) is -4.74. The van der Waals surface area contributed by atoms with E-state index in [1.165, 1.54) is 43.5 Å². The van der Waals surface area contributed by atoms with Crippen molar-refractivity contribution in [1.29, 1.82) is 0 Å². The van der Waals surface area contributed by atoms with Gasteiger partial charge in [-0.2, -0.15) is 13.2 Å². The molecule has 1 heterocycles. The second-order valence-corrected chi connectivity index (χ2v) is 6.48. The first-order valence-electron chi connectivity index (χ1n) is 8.42. The molecule has 0 saturated carbocycles. The topological polar surface area (TPSA) is 108 Å². The van der Waals surface area contributed by atoms with E-state index in [4.69, 9.17) is 4.74 Å². The van der Waals surface area contributed by atoms with Crippen molar-refractivity contribution in [3.05, 3.63) is 59.7 Å². The maximum absolute atomic E-state index is 13.4. The van der Waals surface area contributed by atoms with Gasteiger partial charge in [0, 0.05) is 5.56 Å². The normalized spacial score (nSPS) is 24.4. The Labute approximate surface area is 163 Å². The Kier molecular flexibility index (Phi) is 5.14. The van der Waals surface area contributed by atoms with Crippen LogP contribution >= 0.6 is 0 Å². The lowest BCUT2D eigenvalue weighted by Crippen LogP contribution is -2.66. The molecule has 10 heteroatoms. The van der Waals surface area contributed by atoms with E-state index in [9.17, 15) is 33.0 Å². The van der Waals surface area contributed by atoms with Crippen molar-refractivity contribution in [3.63, 3.8) is 0 Å². The minimum absolute atomic E-state index is 0.0338. The molecule has 0 bridgehead atoms. The van der Waals surface area contributed by atoms with Crippen LogP contribution in [0.2, 0.25) is 0 Å². The summed E-state index contributed by atoms with van der Waals surface area (Å²) in [4.78, 5) is 24.6. The van der Waals surface area contributed by atoms with E-state index < -0.39 is 35.7 Å². The van der Waals surface area contributed by atoms with E-state index in [1.54, 1.807) is 6.07 Å². The first kappa shape index (κ1) is 20.5. The van der Waals surface area contributed by atoms with Gasteiger partial charge in [0.2, 0.25) is 5.78 Å². The minimum Gasteiger partial charge on any atom is -0.504 e. The standard InChI is InChI=1S/C19H17F3N2O5/c1-29-13-9-10(7-8-12(13)25)15-14(16(26)19(20,21)22)18(28,24-17(27)23-15)11-5-3-2-4-6-11/h2-9,14-15,25,28H,1H3,(H2,23,24,27)/t14-,15-,18-/m0/s1. The molecule has 2 amide bonds. The number of phenolic OH excluding ortho intramolecular Hbond substituents is 1. The summed E-state index contributed by atoms with van der Waals surface area (Å²) in [6.45, 7) is 0. The van der Waals surface area contributed by atoms with Gasteiger partial charge in [-0.1, -0.05) is 36.4 Å². The van der Waals surface area contributed by atoms with Crippen LogP contribution in [0.5, 0.6) is 11.5 Å². The smallest absolute Gasteiger partial charge is 0.450 e. The number of phenols is 1. The first-order chi connectivity index (χ1) is 13.6. The lowest BCUT2D eigenvalue weighted by atomic mass is 9.76. The number of aromatic hydroxyl groups is 1. The molecule has 1 aliphatic heterocycles. The number of hydrogen-bond acceptors (Lipinski definition) is 5. The summed E-state index contributed by atoms with van der Waals surface area (Å²) in [6.07, 6.45) is -5.28. The van der Waals surface area contributed by atoms with Crippen molar-refractivity contribution >= 4 is 11.8 Å². The maximum atomic E-state index is 13.4. The number of Topliss-reactive ketones (excluding diaryl/α,β-unsaturated/α-hetero) is 1. The molecule has 3 atom stereocenters. The largest absolute Gasteiger partial charge is 0.504 e. The second kappa shape index (κ2) is 7.28. The van der Waals surface area contributed by atoms with Crippen molar-refractivity contribution in [2.75, 3.05) is 7.11 Å². The number of alkyl halides is 3.